The molecular formula is C14H24N2O3S2. The van der Waals surface area contributed by atoms with Crippen LogP contribution in [0.25, 0.3) is 0 Å². The van der Waals surface area contributed by atoms with Crippen molar-refractivity contribution in [2.24, 2.45) is 0 Å². The molecule has 0 aromatic heterocycles. The van der Waals surface area contributed by atoms with Gasteiger partial charge in [-0.1, -0.05) is 12.5 Å². The highest BCUT2D eigenvalue weighted by molar-refractivity contribution is 7.98. The van der Waals surface area contributed by atoms with Crippen LogP contribution in [0, 0.1) is 0 Å². The minimum Gasteiger partial charge on any atom is -0.492 e. The molecule has 0 saturated heterocycles. The first kappa shape index (κ1) is 18.1. The van der Waals surface area contributed by atoms with Crippen molar-refractivity contribution < 1.29 is 13.2 Å². The van der Waals surface area contributed by atoms with Crippen LogP contribution in [0.15, 0.2) is 24.3 Å². The Morgan fingerprint density at radius 2 is 2.10 bits per heavy atom. The largest absolute Gasteiger partial charge is 0.492 e. The Bertz CT molecular complexity index is 507. The summed E-state index contributed by atoms with van der Waals surface area (Å²) < 4.78 is 31.5. The third-order valence-electron chi connectivity index (χ3n) is 2.83. The molecule has 0 heterocycles. The first-order valence-electron chi connectivity index (χ1n) is 6.98. The van der Waals surface area contributed by atoms with E-state index in [9.17, 15) is 8.42 Å². The normalized spacial score (nSPS) is 11.5. The molecule has 0 spiro atoms. The number of sulfonamides is 1. The molecule has 7 heteroatoms. The van der Waals surface area contributed by atoms with Crippen LogP contribution in [0.5, 0.6) is 5.75 Å². The van der Waals surface area contributed by atoms with E-state index in [0.717, 1.165) is 25.0 Å². The molecule has 0 saturated carbocycles. The van der Waals surface area contributed by atoms with Gasteiger partial charge in [-0.25, -0.2) is 13.1 Å². The van der Waals surface area contributed by atoms with Crippen molar-refractivity contribution >= 4 is 27.5 Å². The molecule has 0 aliphatic rings. The van der Waals surface area contributed by atoms with E-state index < -0.39 is 10.0 Å². The number of benzene rings is 1. The van der Waals surface area contributed by atoms with E-state index in [1.165, 1.54) is 0 Å². The fourth-order valence-corrected chi connectivity index (χ4v) is 3.12. The Morgan fingerprint density at radius 3 is 2.81 bits per heavy atom. The molecule has 1 aromatic carbocycles. The maximum Gasteiger partial charge on any atom is 0.214 e. The molecule has 3 N–H and O–H groups in total. The van der Waals surface area contributed by atoms with Gasteiger partial charge < -0.3 is 10.5 Å². The maximum absolute atomic E-state index is 11.8. The molecular weight excluding hydrogens is 308 g/mol. The number of nitrogens with two attached hydrogens (primary N) is 1. The van der Waals surface area contributed by atoms with Crippen LogP contribution in [-0.4, -0.2) is 39.3 Å². The summed E-state index contributed by atoms with van der Waals surface area (Å²) in [6.45, 7) is 0.611. The zero-order chi connectivity index (χ0) is 15.6. The van der Waals surface area contributed by atoms with Crippen molar-refractivity contribution in [3.8, 4) is 5.75 Å². The van der Waals surface area contributed by atoms with Gasteiger partial charge in [0.2, 0.25) is 10.0 Å². The van der Waals surface area contributed by atoms with Gasteiger partial charge in [0.05, 0.1) is 5.75 Å². The molecule has 1 aromatic rings. The summed E-state index contributed by atoms with van der Waals surface area (Å²) in [5.41, 5.74) is 6.22. The molecule has 0 aliphatic heterocycles. The summed E-state index contributed by atoms with van der Waals surface area (Å²) in [6, 6.07) is 6.95. The zero-order valence-electron chi connectivity index (χ0n) is 12.4. The van der Waals surface area contributed by atoms with Gasteiger partial charge in [0, 0.05) is 18.3 Å². The van der Waals surface area contributed by atoms with E-state index in [1.54, 1.807) is 24.3 Å². The van der Waals surface area contributed by atoms with Crippen molar-refractivity contribution in [1.82, 2.24) is 4.72 Å². The molecule has 120 valence electrons. The van der Waals surface area contributed by atoms with Gasteiger partial charge in [-0.15, -0.1) is 0 Å². The average molecular weight is 332 g/mol. The summed E-state index contributed by atoms with van der Waals surface area (Å²) in [5, 5.41) is 0. The second-order valence-electron chi connectivity index (χ2n) is 4.69. The Labute approximate surface area is 131 Å². The molecule has 0 atom stereocenters. The SMILES string of the molecule is CSCCCCCNS(=O)(=O)CCOc1cccc(N)c1. The summed E-state index contributed by atoms with van der Waals surface area (Å²) in [5.74, 6) is 1.66. The topological polar surface area (TPSA) is 81.4 Å². The molecule has 5 nitrogen and oxygen atoms in total. The van der Waals surface area contributed by atoms with Gasteiger partial charge in [0.25, 0.3) is 0 Å². The number of unbranched alkanes of at least 4 members (excludes halogenated alkanes) is 2. The van der Waals surface area contributed by atoms with Gasteiger partial charge in [-0.2, -0.15) is 11.8 Å². The van der Waals surface area contributed by atoms with Gasteiger partial charge in [0.1, 0.15) is 12.4 Å². The van der Waals surface area contributed by atoms with Crippen LogP contribution in [0.1, 0.15) is 19.3 Å². The van der Waals surface area contributed by atoms with Crippen LogP contribution < -0.4 is 15.2 Å². The number of nitrogen functional groups attached to an aromatic ring is 1. The van der Waals surface area contributed by atoms with Crippen molar-refractivity contribution in [3.63, 3.8) is 0 Å². The summed E-state index contributed by atoms with van der Waals surface area (Å²) >= 11 is 1.81. The van der Waals surface area contributed by atoms with Crippen LogP contribution in [0.3, 0.4) is 0 Å². The third kappa shape index (κ3) is 8.85. The van der Waals surface area contributed by atoms with Crippen LogP contribution in [0.2, 0.25) is 0 Å². The molecule has 1 rings (SSSR count). The highest BCUT2D eigenvalue weighted by Crippen LogP contribution is 2.14. The molecule has 0 fully saturated rings. The monoisotopic (exact) mass is 332 g/mol. The Kier molecular flexibility index (Phi) is 8.56. The number of hydrogen-bond donors (Lipinski definition) is 2. The third-order valence-corrected chi connectivity index (χ3v) is 4.87. The predicted octanol–water partition coefficient (Wildman–Crippen LogP) is 2.10. The number of thioether (sulfide) groups is 1. The highest BCUT2D eigenvalue weighted by Gasteiger charge is 2.09. The standard InChI is InChI=1S/C14H24N2O3S2/c1-20-10-4-2-3-8-16-21(17,18)11-9-19-14-7-5-6-13(15)12-14/h5-7,12,16H,2-4,8-11,15H2,1H3. The molecule has 0 bridgehead atoms. The summed E-state index contributed by atoms with van der Waals surface area (Å²) in [4.78, 5) is 0. The van der Waals surface area contributed by atoms with E-state index in [2.05, 4.69) is 11.0 Å². The molecule has 0 unspecified atom stereocenters. The first-order chi connectivity index (χ1) is 10.0. The van der Waals surface area contributed by atoms with Crippen LogP contribution >= 0.6 is 11.8 Å². The summed E-state index contributed by atoms with van der Waals surface area (Å²) in [7, 11) is -3.27. The molecule has 21 heavy (non-hydrogen) atoms. The Hall–Kier alpha value is -0.920. The van der Waals surface area contributed by atoms with Crippen LogP contribution in [-0.2, 0) is 10.0 Å². The fourth-order valence-electron chi connectivity index (χ4n) is 1.72. The number of rotatable bonds is 11. The Morgan fingerprint density at radius 1 is 1.29 bits per heavy atom. The molecule has 0 amide bonds. The van der Waals surface area contributed by atoms with Gasteiger partial charge in [0.15, 0.2) is 0 Å². The fraction of sp³-hybridized carbons (Fsp3) is 0.571. The lowest BCUT2D eigenvalue weighted by Gasteiger charge is -2.09. The zero-order valence-corrected chi connectivity index (χ0v) is 14.0. The molecule has 0 aliphatic carbocycles. The van der Waals surface area contributed by atoms with E-state index in [4.69, 9.17) is 10.5 Å². The number of hydrogen-bond acceptors (Lipinski definition) is 5. The number of anilines is 1. The minimum atomic E-state index is -3.27. The minimum absolute atomic E-state index is 0.0490. The Balaban J connectivity index is 2.17. The lowest BCUT2D eigenvalue weighted by atomic mass is 10.2. The molecule has 0 radical (unpaired) electrons. The van der Waals surface area contributed by atoms with E-state index in [0.29, 0.717) is 18.0 Å². The lowest BCUT2D eigenvalue weighted by molar-refractivity contribution is 0.340. The quantitative estimate of drug-likeness (QED) is 0.479. The van der Waals surface area contributed by atoms with E-state index in [-0.39, 0.29) is 12.4 Å². The van der Waals surface area contributed by atoms with Gasteiger partial charge in [-0.05, 0) is 37.0 Å². The van der Waals surface area contributed by atoms with Crippen molar-refractivity contribution in [1.29, 1.82) is 0 Å². The van der Waals surface area contributed by atoms with E-state index in [1.807, 2.05) is 11.8 Å². The highest BCUT2D eigenvalue weighted by atomic mass is 32.2. The van der Waals surface area contributed by atoms with Gasteiger partial charge >= 0.3 is 0 Å². The first-order valence-corrected chi connectivity index (χ1v) is 10.0. The summed E-state index contributed by atoms with van der Waals surface area (Å²) in [6.07, 6.45) is 5.11. The van der Waals surface area contributed by atoms with Crippen molar-refractivity contribution in [2.75, 3.05) is 36.6 Å². The van der Waals surface area contributed by atoms with Crippen LogP contribution in [0.4, 0.5) is 5.69 Å². The van der Waals surface area contributed by atoms with Crippen molar-refractivity contribution in [2.45, 2.75) is 19.3 Å². The second kappa shape index (κ2) is 9.92. The number of ether oxygens (including phenoxy) is 1. The number of nitrogens with one attached hydrogen (secondary N) is 1. The maximum atomic E-state index is 11.8. The van der Waals surface area contributed by atoms with Crippen molar-refractivity contribution in [3.05, 3.63) is 24.3 Å². The van der Waals surface area contributed by atoms with E-state index >= 15 is 0 Å². The average Bonchev–Trinajstić information content (AvgIpc) is 2.42. The van der Waals surface area contributed by atoms with Gasteiger partial charge in [-0.3, -0.25) is 0 Å². The predicted molar refractivity (Wildman–Crippen MR) is 90.4 cm³/mol. The second-order valence-corrected chi connectivity index (χ2v) is 7.60. The smallest absolute Gasteiger partial charge is 0.214 e. The lowest BCUT2D eigenvalue weighted by Crippen LogP contribution is -2.29.